The van der Waals surface area contributed by atoms with Gasteiger partial charge in [-0.05, 0) is 233 Å². The minimum absolute atomic E-state index is 0.0749. The molecule has 8 aliphatic rings. The third-order valence-corrected chi connectivity index (χ3v) is 24.8. The molecule has 10 heteroatoms. The highest BCUT2D eigenvalue weighted by Crippen LogP contribution is 2.70. The molecule has 0 bridgehead atoms. The van der Waals surface area contributed by atoms with Crippen LogP contribution in [0.3, 0.4) is 0 Å². The summed E-state index contributed by atoms with van der Waals surface area (Å²) in [7, 11) is 0. The zero-order chi connectivity index (χ0) is 51.7. The molecule has 8 aliphatic carbocycles. The Morgan fingerprint density at radius 3 is 1.31 bits per heavy atom. The topological polar surface area (TPSA) is 185 Å². The summed E-state index contributed by atoms with van der Waals surface area (Å²) in [5.74, 6) is 6.83. The molecule has 0 heterocycles. The van der Waals surface area contributed by atoms with Crippen LogP contribution in [0.15, 0.2) is 24.3 Å². The van der Waals surface area contributed by atoms with Gasteiger partial charge in [0.05, 0.1) is 12.2 Å². The van der Waals surface area contributed by atoms with Gasteiger partial charge in [0.15, 0.2) is 0 Å². The number of amides is 2. The van der Waals surface area contributed by atoms with Crippen LogP contribution in [0.1, 0.15) is 195 Å². The highest BCUT2D eigenvalue weighted by Gasteiger charge is 2.66. The van der Waals surface area contributed by atoms with Crippen LogP contribution in [-0.4, -0.2) is 81.3 Å². The van der Waals surface area contributed by atoms with E-state index in [1.165, 1.54) is 25.7 Å². The monoisotopic (exact) mass is 997 g/mol. The van der Waals surface area contributed by atoms with E-state index in [1.54, 1.807) is 0 Å². The van der Waals surface area contributed by atoms with Crippen LogP contribution in [0.4, 0.5) is 0 Å². The van der Waals surface area contributed by atoms with Gasteiger partial charge in [-0.25, -0.2) is 0 Å². The fourth-order valence-corrected chi connectivity index (χ4v) is 20.4. The fourth-order valence-electron chi connectivity index (χ4n) is 20.4. The van der Waals surface area contributed by atoms with Gasteiger partial charge in [0.1, 0.15) is 0 Å². The van der Waals surface area contributed by atoms with Crippen LogP contribution >= 0.6 is 0 Å². The zero-order valence-electron chi connectivity index (χ0n) is 46.6. The Hall–Kier alpha value is -2.08. The van der Waals surface area contributed by atoms with Crippen molar-refractivity contribution >= 4 is 11.8 Å². The average Bonchev–Trinajstić information content (AvgIpc) is 3.90. The average molecular weight is 998 g/mol. The summed E-state index contributed by atoms with van der Waals surface area (Å²) in [5, 5.41) is 21.1. The van der Waals surface area contributed by atoms with E-state index in [2.05, 4.69) is 79.7 Å². The van der Waals surface area contributed by atoms with Crippen LogP contribution in [0.2, 0.25) is 0 Å². The summed E-state index contributed by atoms with van der Waals surface area (Å²) in [6, 6.07) is 9.29. The molecule has 0 spiro atoms. The molecular formula is C62H104N6O4. The molecule has 10 nitrogen and oxygen atoms in total. The highest BCUT2D eigenvalue weighted by atomic mass is 16.3. The second-order valence-corrected chi connectivity index (χ2v) is 27.8. The van der Waals surface area contributed by atoms with Crippen LogP contribution in [-0.2, 0) is 22.7 Å². The smallest absolute Gasteiger partial charge is 0.222 e. The van der Waals surface area contributed by atoms with Gasteiger partial charge >= 0.3 is 0 Å². The van der Waals surface area contributed by atoms with E-state index in [0.29, 0.717) is 110 Å². The number of nitrogens with zero attached hydrogens (tertiary/aromatic N) is 2. The van der Waals surface area contributed by atoms with E-state index in [0.717, 1.165) is 101 Å². The third-order valence-electron chi connectivity index (χ3n) is 24.8. The fraction of sp³-hybridized carbons (Fsp3) is 0.871. The molecule has 0 aromatic heterocycles. The van der Waals surface area contributed by atoms with Crippen molar-refractivity contribution in [3.8, 4) is 0 Å². The van der Waals surface area contributed by atoms with Crippen molar-refractivity contribution in [3.63, 3.8) is 0 Å². The van der Waals surface area contributed by atoms with Crippen LogP contribution in [0, 0.1) is 92.7 Å². The van der Waals surface area contributed by atoms with Gasteiger partial charge in [0, 0.05) is 63.2 Å². The Labute approximate surface area is 437 Å². The Bertz CT molecular complexity index is 1900. The maximum Gasteiger partial charge on any atom is 0.222 e. The molecule has 72 heavy (non-hydrogen) atoms. The molecule has 0 saturated heterocycles. The number of fused-ring (bicyclic) bond motifs is 10. The molecular weight excluding hydrogens is 893 g/mol. The number of benzene rings is 1. The van der Waals surface area contributed by atoms with Crippen LogP contribution < -0.4 is 22.9 Å². The quantitative estimate of drug-likeness (QED) is 0.0945. The van der Waals surface area contributed by atoms with E-state index < -0.39 is 0 Å². The number of nitrogens with two attached hydrogens (primary N) is 4. The van der Waals surface area contributed by atoms with Gasteiger partial charge in [0.2, 0.25) is 11.8 Å². The predicted molar refractivity (Wildman–Crippen MR) is 291 cm³/mol. The first kappa shape index (κ1) is 54.7. The predicted octanol–water partition coefficient (Wildman–Crippen LogP) is 9.78. The van der Waals surface area contributed by atoms with Gasteiger partial charge < -0.3 is 42.9 Å². The largest absolute Gasteiger partial charge is 0.393 e. The standard InChI is InChI=1S/C62H104N6O4/c1-9-67(55(71)15-11-13-37(3)45-21-23-47-57-49(33-53(65)61(45,47)7)59(5)27-25-43(69)29-41(59)31-51(57)63)35-39-17-19-40(20-18-39)36-68(10-2)56(72)16-12-14-38(4)46-22-24-48-58-50(34-54(66)62(46,48)8)60(6)28-26-44(70)30-42(60)32-52(58)64/h17-20,37-38,41-54,57-58,69-70H,9-16,21-36,63-66H2,1-8H3/t37-,38-,41+,42+,43-,44-,45-,46-,47+,48+,49+,50+,51-,52-,53+,54+,57+,58+,59+,60+,61-,62-/m1/s1. The third kappa shape index (κ3) is 9.61. The number of carbonyl (C=O) groups is 2. The summed E-state index contributed by atoms with van der Waals surface area (Å²) in [6.07, 6.45) is 19.5. The molecule has 0 unspecified atom stereocenters. The number of hydrogen-bond donors (Lipinski definition) is 6. The van der Waals surface area contributed by atoms with Crippen molar-refractivity contribution in [2.75, 3.05) is 13.1 Å². The number of aliphatic hydroxyl groups excluding tert-OH is 2. The Morgan fingerprint density at radius 2 is 0.944 bits per heavy atom. The van der Waals surface area contributed by atoms with Crippen molar-refractivity contribution < 1.29 is 19.8 Å². The van der Waals surface area contributed by atoms with E-state index >= 15 is 0 Å². The van der Waals surface area contributed by atoms with Crippen molar-refractivity contribution in [1.82, 2.24) is 9.80 Å². The number of rotatable bonds is 16. The number of carbonyl (C=O) groups excluding carboxylic acids is 2. The second-order valence-electron chi connectivity index (χ2n) is 27.8. The summed E-state index contributed by atoms with van der Waals surface area (Å²) in [4.78, 5) is 31.5. The molecule has 406 valence electrons. The summed E-state index contributed by atoms with van der Waals surface area (Å²) < 4.78 is 0. The van der Waals surface area contributed by atoms with Gasteiger partial charge in [-0.15, -0.1) is 0 Å². The molecule has 0 radical (unpaired) electrons. The zero-order valence-corrected chi connectivity index (χ0v) is 46.6. The van der Waals surface area contributed by atoms with Crippen LogP contribution in [0.25, 0.3) is 0 Å². The maximum atomic E-state index is 13.7. The van der Waals surface area contributed by atoms with Crippen molar-refractivity contribution in [2.45, 2.75) is 233 Å². The van der Waals surface area contributed by atoms with E-state index in [4.69, 9.17) is 22.9 Å². The lowest BCUT2D eigenvalue weighted by Gasteiger charge is -2.64. The molecule has 1 aromatic carbocycles. The van der Waals surface area contributed by atoms with Gasteiger partial charge in [-0.1, -0.05) is 65.8 Å². The maximum absolute atomic E-state index is 13.7. The summed E-state index contributed by atoms with van der Waals surface area (Å²) in [6.45, 7) is 21.6. The summed E-state index contributed by atoms with van der Waals surface area (Å²) >= 11 is 0. The van der Waals surface area contributed by atoms with E-state index in [-0.39, 0.29) is 69.8 Å². The Balaban J connectivity index is 0.717. The van der Waals surface area contributed by atoms with Gasteiger partial charge in [-0.2, -0.15) is 0 Å². The van der Waals surface area contributed by atoms with Crippen LogP contribution in [0.5, 0.6) is 0 Å². The van der Waals surface area contributed by atoms with Crippen molar-refractivity contribution in [1.29, 1.82) is 0 Å². The molecule has 22 atom stereocenters. The molecule has 0 aliphatic heterocycles. The lowest BCUT2D eigenvalue weighted by molar-refractivity contribution is -0.143. The lowest BCUT2D eigenvalue weighted by Crippen LogP contribution is -2.65. The number of hydrogen-bond acceptors (Lipinski definition) is 8. The molecule has 10 N–H and O–H groups in total. The number of aliphatic hydroxyl groups is 2. The molecule has 9 rings (SSSR count). The Morgan fingerprint density at radius 1 is 0.569 bits per heavy atom. The van der Waals surface area contributed by atoms with E-state index in [9.17, 15) is 19.8 Å². The van der Waals surface area contributed by atoms with Crippen molar-refractivity contribution in [3.05, 3.63) is 35.4 Å². The second kappa shape index (κ2) is 21.4. The minimum Gasteiger partial charge on any atom is -0.393 e. The highest BCUT2D eigenvalue weighted by molar-refractivity contribution is 5.76. The first-order valence-electron chi connectivity index (χ1n) is 30.2. The van der Waals surface area contributed by atoms with Gasteiger partial charge in [-0.3, -0.25) is 9.59 Å². The molecule has 8 saturated carbocycles. The molecule has 2 amide bonds. The van der Waals surface area contributed by atoms with Gasteiger partial charge in [0.25, 0.3) is 0 Å². The van der Waals surface area contributed by atoms with Crippen molar-refractivity contribution in [2.24, 2.45) is 116 Å². The Kier molecular flexibility index (Phi) is 16.2. The lowest BCUT2D eigenvalue weighted by atomic mass is 9.42. The minimum atomic E-state index is -0.178. The first-order valence-corrected chi connectivity index (χ1v) is 30.2. The van der Waals surface area contributed by atoms with E-state index in [1.807, 2.05) is 9.80 Å². The SMILES string of the molecule is CCN(Cc1ccc(CN(CC)C(=O)CCC[C@@H](C)[C@H]2CC[C@H]3[C@@H]4[C@H](N)C[C@@H]5C[C@H](O)CC[C@]5(C)[C@H]4C[C@H](N)[C@]23C)cc1)C(=O)CCC[C@@H](C)[C@H]1CC[C@H]2[C@@H]3[C@H](N)C[C@@H]4C[C@H](O)CC[C@]4(C)[C@H]3C[C@H](N)[C@]12C. The first-order chi connectivity index (χ1) is 34.2. The molecule has 1 aromatic rings. The molecule has 8 fully saturated rings. The normalized spacial score (nSPS) is 45.1. The summed E-state index contributed by atoms with van der Waals surface area (Å²) in [5.41, 5.74) is 31.8.